The van der Waals surface area contributed by atoms with Gasteiger partial charge in [0, 0.05) is 24.3 Å². The van der Waals surface area contributed by atoms with Crippen LogP contribution in [0.1, 0.15) is 42.9 Å². The molecule has 5 rings (SSSR count). The van der Waals surface area contributed by atoms with Gasteiger partial charge in [0.25, 0.3) is 5.91 Å². The Bertz CT molecular complexity index is 1360. The molecule has 2 aromatic rings. The fourth-order valence-corrected chi connectivity index (χ4v) is 7.87. The maximum atomic E-state index is 12.2. The molecule has 1 aromatic heterocycles. The van der Waals surface area contributed by atoms with Crippen LogP contribution < -0.4 is 10.2 Å². The molecular formula is C25H28N6O4S3. The lowest BCUT2D eigenvalue weighted by atomic mass is 10.0. The van der Waals surface area contributed by atoms with Crippen molar-refractivity contribution >= 4 is 62.5 Å². The van der Waals surface area contributed by atoms with E-state index in [0.29, 0.717) is 17.4 Å². The monoisotopic (exact) mass is 572 g/mol. The molecule has 0 aliphatic carbocycles. The number of nitrogens with zero attached hydrogens (tertiary/aromatic N) is 5. The first-order valence-corrected chi connectivity index (χ1v) is 14.9. The van der Waals surface area contributed by atoms with Gasteiger partial charge in [-0.1, -0.05) is 23.4 Å². The molecule has 0 bridgehead atoms. The Kier molecular flexibility index (Phi) is 7.46. The summed E-state index contributed by atoms with van der Waals surface area (Å²) in [5.41, 5.74) is -1.64. The van der Waals surface area contributed by atoms with E-state index in [-0.39, 0.29) is 11.5 Å². The van der Waals surface area contributed by atoms with E-state index in [4.69, 9.17) is 24.2 Å². The molecule has 3 aliphatic heterocycles. The number of rotatable bonds is 8. The van der Waals surface area contributed by atoms with E-state index < -0.39 is 29.1 Å². The molecule has 38 heavy (non-hydrogen) atoms. The molecule has 2 N–H and O–H groups in total. The minimum Gasteiger partial charge on any atom is -0.440 e. The van der Waals surface area contributed by atoms with Gasteiger partial charge in [-0.05, 0) is 32.9 Å². The lowest BCUT2D eigenvalue weighted by Gasteiger charge is -2.20. The van der Waals surface area contributed by atoms with Gasteiger partial charge in [0.05, 0.1) is 16.3 Å². The van der Waals surface area contributed by atoms with Crippen LogP contribution in [0.5, 0.6) is 5.75 Å². The van der Waals surface area contributed by atoms with Crippen molar-refractivity contribution in [3.05, 3.63) is 47.7 Å². The summed E-state index contributed by atoms with van der Waals surface area (Å²) in [5.74, 6) is 2.82. The predicted molar refractivity (Wildman–Crippen MR) is 155 cm³/mol. The number of para-hydroxylation sites is 1. The summed E-state index contributed by atoms with van der Waals surface area (Å²) < 4.78 is 5.78. The number of thioether (sulfide) groups is 3. The zero-order valence-electron chi connectivity index (χ0n) is 21.4. The minimum absolute atomic E-state index is 0.0841. The molecule has 0 saturated heterocycles. The highest BCUT2D eigenvalue weighted by Crippen LogP contribution is 2.46. The molecule has 0 spiro atoms. The number of oxazole rings is 1. The number of hydrogen-bond acceptors (Lipinski definition) is 12. The summed E-state index contributed by atoms with van der Waals surface area (Å²) in [7, 11) is 1.51. The highest BCUT2D eigenvalue weighted by molar-refractivity contribution is 8.17. The largest absolute Gasteiger partial charge is 0.440 e. The maximum Gasteiger partial charge on any atom is 0.273 e. The third kappa shape index (κ3) is 5.16. The molecule has 0 unspecified atom stereocenters. The molecule has 1 aromatic carbocycles. The summed E-state index contributed by atoms with van der Waals surface area (Å²) >= 11 is 4.95. The average Bonchev–Trinajstić information content (AvgIpc) is 3.71. The molecule has 0 fully saturated rings. The first kappa shape index (κ1) is 27.0. The molecule has 13 heteroatoms. The van der Waals surface area contributed by atoms with E-state index in [1.165, 1.54) is 7.05 Å². The van der Waals surface area contributed by atoms with Crippen LogP contribution in [0.2, 0.25) is 0 Å². The molecular weight excluding hydrogens is 545 g/mol. The standard InChI is InChI=1S/C25H28N6O4S3/c1-23(20-28-18(19(33)26-4)16(11-32)34-20)12-37-22(30-23)25(3)14-38-21(31-25)24(2)13-36-17(29-24)10-27-35-15-8-6-5-7-9-15/h5-10,32H,11-14H2,1-4H3,(H,26,33)/b27-10+/t23-,24-,25-/m0/s1. The van der Waals surface area contributed by atoms with Crippen molar-refractivity contribution in [3.63, 3.8) is 0 Å². The average molecular weight is 573 g/mol. The highest BCUT2D eigenvalue weighted by Gasteiger charge is 2.48. The van der Waals surface area contributed by atoms with Crippen LogP contribution in [0.15, 0.2) is 54.9 Å². The van der Waals surface area contributed by atoms with Crippen LogP contribution in [0, 0.1) is 0 Å². The molecule has 10 nitrogen and oxygen atoms in total. The molecule has 3 aliphatic rings. The van der Waals surface area contributed by atoms with E-state index in [0.717, 1.165) is 26.6 Å². The third-order valence-electron chi connectivity index (χ3n) is 6.26. The number of hydrogen-bond donors (Lipinski definition) is 2. The lowest BCUT2D eigenvalue weighted by molar-refractivity contribution is 0.0953. The van der Waals surface area contributed by atoms with Gasteiger partial charge in [0.15, 0.2) is 17.2 Å². The topological polar surface area (TPSA) is 134 Å². The molecule has 3 atom stereocenters. The van der Waals surface area contributed by atoms with E-state index >= 15 is 0 Å². The van der Waals surface area contributed by atoms with Gasteiger partial charge in [-0.25, -0.2) is 4.98 Å². The van der Waals surface area contributed by atoms with E-state index in [2.05, 4.69) is 29.3 Å². The van der Waals surface area contributed by atoms with E-state index in [9.17, 15) is 9.90 Å². The number of oxime groups is 1. The number of carbonyl (C=O) groups is 1. The van der Waals surface area contributed by atoms with E-state index in [1.807, 2.05) is 37.3 Å². The molecule has 0 saturated carbocycles. The molecule has 1 amide bonds. The number of aliphatic hydroxyl groups excluding tert-OH is 1. The number of nitrogens with one attached hydrogen (secondary N) is 1. The third-order valence-corrected chi connectivity index (χ3v) is 10.5. The Morgan fingerprint density at radius 2 is 1.68 bits per heavy atom. The van der Waals surface area contributed by atoms with Crippen molar-refractivity contribution in [3.8, 4) is 5.75 Å². The lowest BCUT2D eigenvalue weighted by Crippen LogP contribution is -2.33. The fraction of sp³-hybridized carbons (Fsp3) is 0.440. The van der Waals surface area contributed by atoms with Crippen molar-refractivity contribution in [2.45, 2.75) is 44.0 Å². The number of aromatic nitrogens is 1. The van der Waals surface area contributed by atoms with Crippen molar-refractivity contribution in [1.82, 2.24) is 10.3 Å². The Labute approximate surface area is 233 Å². The fourth-order valence-electron chi connectivity index (χ4n) is 4.06. The van der Waals surface area contributed by atoms with Crippen molar-refractivity contribution in [2.24, 2.45) is 20.1 Å². The van der Waals surface area contributed by atoms with Gasteiger partial charge in [0.2, 0.25) is 5.89 Å². The van der Waals surface area contributed by atoms with Crippen LogP contribution in [0.25, 0.3) is 0 Å². The van der Waals surface area contributed by atoms with Crippen LogP contribution in [0.4, 0.5) is 0 Å². The minimum atomic E-state index is -0.768. The van der Waals surface area contributed by atoms with Crippen LogP contribution in [-0.2, 0) is 12.1 Å². The smallest absolute Gasteiger partial charge is 0.273 e. The summed E-state index contributed by atoms with van der Waals surface area (Å²) in [6.45, 7) is 5.68. The second kappa shape index (κ2) is 10.5. The first-order valence-electron chi connectivity index (χ1n) is 12.0. The number of carbonyl (C=O) groups excluding carboxylic acids is 1. The van der Waals surface area contributed by atoms with Gasteiger partial charge in [-0.3, -0.25) is 19.8 Å². The number of benzene rings is 1. The Hall–Kier alpha value is -2.61. The van der Waals surface area contributed by atoms with Gasteiger partial charge in [0.1, 0.15) is 28.3 Å². The number of aliphatic imine (C=N–C) groups is 3. The highest BCUT2D eigenvalue weighted by atomic mass is 32.2. The van der Waals surface area contributed by atoms with Gasteiger partial charge < -0.3 is 19.7 Å². The van der Waals surface area contributed by atoms with Crippen molar-refractivity contribution < 1.29 is 19.2 Å². The van der Waals surface area contributed by atoms with Crippen molar-refractivity contribution in [2.75, 3.05) is 24.3 Å². The number of aliphatic hydroxyl groups is 1. The normalized spacial score (nSPS) is 28.9. The second-order valence-electron chi connectivity index (χ2n) is 9.64. The van der Waals surface area contributed by atoms with Crippen molar-refractivity contribution in [1.29, 1.82) is 0 Å². The van der Waals surface area contributed by atoms with E-state index in [1.54, 1.807) is 41.5 Å². The Balaban J connectivity index is 1.33. The summed E-state index contributed by atoms with van der Waals surface area (Å²) in [6, 6.07) is 9.40. The molecule has 0 radical (unpaired) electrons. The quantitative estimate of drug-likeness (QED) is 0.361. The maximum absolute atomic E-state index is 12.2. The van der Waals surface area contributed by atoms with Crippen LogP contribution in [0.3, 0.4) is 0 Å². The van der Waals surface area contributed by atoms with Crippen LogP contribution in [-0.4, -0.2) is 72.7 Å². The van der Waals surface area contributed by atoms with Crippen LogP contribution >= 0.6 is 35.3 Å². The summed E-state index contributed by atoms with van der Waals surface area (Å²) in [6.07, 6.45) is 1.65. The van der Waals surface area contributed by atoms with Gasteiger partial charge in [-0.15, -0.1) is 35.3 Å². The van der Waals surface area contributed by atoms with Gasteiger partial charge in [-0.2, -0.15) is 0 Å². The summed E-state index contributed by atoms with van der Waals surface area (Å²) in [5, 5.41) is 18.9. The zero-order valence-corrected chi connectivity index (χ0v) is 23.9. The molecule has 200 valence electrons. The first-order chi connectivity index (χ1) is 18.2. The number of amides is 1. The van der Waals surface area contributed by atoms with Gasteiger partial charge >= 0.3 is 0 Å². The Morgan fingerprint density at radius 3 is 2.37 bits per heavy atom. The predicted octanol–water partition coefficient (Wildman–Crippen LogP) is 3.76. The summed E-state index contributed by atoms with van der Waals surface area (Å²) in [4.78, 5) is 37.0. The zero-order chi connectivity index (χ0) is 27.0. The Morgan fingerprint density at radius 1 is 1.05 bits per heavy atom. The second-order valence-corrected chi connectivity index (χ2v) is 12.6. The SMILES string of the molecule is CNC(=O)c1nc([C@]2(C)CSC([C@]3(C)CSC([C@]4(C)CSC(/C=N/Oc5ccccc5)=N4)=N3)=N2)oc1CO. The molecule has 4 heterocycles.